The lowest BCUT2D eigenvalue weighted by Crippen LogP contribution is -2.30. The van der Waals surface area contributed by atoms with Crippen LogP contribution in [0.5, 0.6) is 0 Å². The summed E-state index contributed by atoms with van der Waals surface area (Å²) >= 11 is 0. The fourth-order valence-corrected chi connectivity index (χ4v) is 7.14. The third-order valence-electron chi connectivity index (χ3n) is 11.1. The van der Waals surface area contributed by atoms with Crippen LogP contribution in [0, 0.1) is 0 Å². The fourth-order valence-electron chi connectivity index (χ4n) is 7.14. The molecule has 0 aromatic heterocycles. The molecule has 0 aliphatic rings. The zero-order chi connectivity index (χ0) is 43.7. The molecule has 60 heavy (non-hydrogen) atoms. The lowest BCUT2D eigenvalue weighted by Gasteiger charge is -2.18. The van der Waals surface area contributed by atoms with Crippen molar-refractivity contribution >= 4 is 17.9 Å². The maximum absolute atomic E-state index is 12.8. The quantitative estimate of drug-likeness (QED) is 0.0263. The van der Waals surface area contributed by atoms with Gasteiger partial charge in [0.15, 0.2) is 6.10 Å². The van der Waals surface area contributed by atoms with Gasteiger partial charge in [-0.25, -0.2) is 0 Å². The van der Waals surface area contributed by atoms with Gasteiger partial charge in [0, 0.05) is 19.3 Å². The van der Waals surface area contributed by atoms with Crippen LogP contribution in [0.4, 0.5) is 0 Å². The average molecular weight is 841 g/mol. The largest absolute Gasteiger partial charge is 0.462 e. The van der Waals surface area contributed by atoms with Crippen LogP contribution in [0.15, 0.2) is 48.6 Å². The van der Waals surface area contributed by atoms with Crippen LogP contribution in [-0.2, 0) is 28.6 Å². The Morgan fingerprint density at radius 3 is 0.983 bits per heavy atom. The van der Waals surface area contributed by atoms with Gasteiger partial charge in [-0.2, -0.15) is 0 Å². The van der Waals surface area contributed by atoms with Crippen molar-refractivity contribution in [2.45, 2.75) is 264 Å². The van der Waals surface area contributed by atoms with E-state index in [4.69, 9.17) is 14.2 Å². The third kappa shape index (κ3) is 46.4. The van der Waals surface area contributed by atoms with Gasteiger partial charge in [0.25, 0.3) is 0 Å². The van der Waals surface area contributed by atoms with Crippen molar-refractivity contribution < 1.29 is 28.6 Å². The molecule has 348 valence electrons. The molecule has 0 saturated heterocycles. The monoisotopic (exact) mass is 841 g/mol. The minimum Gasteiger partial charge on any atom is -0.462 e. The first kappa shape index (κ1) is 57.4. The molecular weight excluding hydrogens is 745 g/mol. The highest BCUT2D eigenvalue weighted by atomic mass is 16.6. The predicted octanol–water partition coefficient (Wildman–Crippen LogP) is 16.7. The van der Waals surface area contributed by atoms with Crippen molar-refractivity contribution in [3.05, 3.63) is 48.6 Å². The predicted molar refractivity (Wildman–Crippen MR) is 256 cm³/mol. The molecule has 0 N–H and O–H groups in total. The summed E-state index contributed by atoms with van der Waals surface area (Å²) in [7, 11) is 0. The summed E-state index contributed by atoms with van der Waals surface area (Å²) in [4.78, 5) is 37.9. The van der Waals surface area contributed by atoms with E-state index in [0.29, 0.717) is 19.3 Å². The minimum atomic E-state index is -0.782. The number of esters is 3. The van der Waals surface area contributed by atoms with E-state index in [1.807, 2.05) is 0 Å². The van der Waals surface area contributed by atoms with Gasteiger partial charge in [-0.1, -0.05) is 211 Å². The smallest absolute Gasteiger partial charge is 0.306 e. The van der Waals surface area contributed by atoms with Crippen molar-refractivity contribution in [2.75, 3.05) is 13.2 Å². The highest BCUT2D eigenvalue weighted by Crippen LogP contribution is 2.15. The van der Waals surface area contributed by atoms with Crippen LogP contribution in [0.25, 0.3) is 0 Å². The van der Waals surface area contributed by atoms with Crippen molar-refractivity contribution in [3.8, 4) is 0 Å². The molecule has 6 nitrogen and oxygen atoms in total. The summed E-state index contributed by atoms with van der Waals surface area (Å²) in [6, 6.07) is 0. The third-order valence-corrected chi connectivity index (χ3v) is 11.1. The first-order valence-electron chi connectivity index (χ1n) is 25.6. The Morgan fingerprint density at radius 2 is 0.617 bits per heavy atom. The number of carbonyl (C=O) groups is 3. The number of unbranched alkanes of at least 4 members (excludes halogenated alkanes) is 27. The maximum atomic E-state index is 12.8. The van der Waals surface area contributed by atoms with Crippen LogP contribution in [0.3, 0.4) is 0 Å². The van der Waals surface area contributed by atoms with Crippen molar-refractivity contribution in [2.24, 2.45) is 0 Å². The molecule has 0 saturated carbocycles. The van der Waals surface area contributed by atoms with Gasteiger partial charge in [-0.05, 0) is 77.0 Å². The Hall–Kier alpha value is -2.63. The molecule has 0 bridgehead atoms. The van der Waals surface area contributed by atoms with Crippen LogP contribution < -0.4 is 0 Å². The summed E-state index contributed by atoms with van der Waals surface area (Å²) < 4.78 is 16.8. The molecule has 0 aliphatic heterocycles. The summed E-state index contributed by atoms with van der Waals surface area (Å²) in [5, 5.41) is 0. The summed E-state index contributed by atoms with van der Waals surface area (Å²) in [5.74, 6) is -0.904. The van der Waals surface area contributed by atoms with Crippen LogP contribution in [0.1, 0.15) is 258 Å². The van der Waals surface area contributed by atoms with Gasteiger partial charge in [0.2, 0.25) is 0 Å². The Balaban J connectivity index is 4.40. The molecule has 0 spiro atoms. The van der Waals surface area contributed by atoms with Gasteiger partial charge >= 0.3 is 17.9 Å². The number of allylic oxidation sites excluding steroid dienone is 8. The summed E-state index contributed by atoms with van der Waals surface area (Å²) in [6.07, 6.45) is 58.0. The molecule has 0 heterocycles. The van der Waals surface area contributed by atoms with Gasteiger partial charge in [0.05, 0.1) is 0 Å². The number of hydrogen-bond donors (Lipinski definition) is 0. The zero-order valence-corrected chi connectivity index (χ0v) is 39.7. The van der Waals surface area contributed by atoms with E-state index in [0.717, 1.165) is 103 Å². The standard InChI is InChI=1S/C54H96O6/c1-4-7-10-13-16-19-22-25-27-28-30-32-35-38-41-44-47-53(56)59-50-51(49-58-52(55)46-43-40-37-34-31-24-21-18-15-12-9-6-3)60-54(57)48-45-42-39-36-33-29-26-23-20-17-14-11-8-5-2/h14,17,19,22-23,26-28,51H,4-13,15-16,18,20-21,24-25,29-50H2,1-3H3/b17-14-,22-19-,26-23-,28-27-. The molecule has 1 atom stereocenters. The molecule has 0 radical (unpaired) electrons. The second-order valence-corrected chi connectivity index (χ2v) is 17.1. The second kappa shape index (κ2) is 49.0. The Kier molecular flexibility index (Phi) is 46.9. The molecule has 0 rings (SSSR count). The molecule has 0 fully saturated rings. The summed E-state index contributed by atoms with van der Waals surface area (Å²) in [5.41, 5.74) is 0. The molecule has 0 aromatic carbocycles. The fraction of sp³-hybridized carbons (Fsp3) is 0.796. The first-order valence-corrected chi connectivity index (χ1v) is 25.6. The van der Waals surface area contributed by atoms with E-state index >= 15 is 0 Å². The minimum absolute atomic E-state index is 0.0814. The number of carbonyl (C=O) groups excluding carboxylic acids is 3. The molecule has 0 aromatic rings. The Morgan fingerprint density at radius 1 is 0.333 bits per heavy atom. The second-order valence-electron chi connectivity index (χ2n) is 17.1. The molecule has 0 aliphatic carbocycles. The number of rotatable bonds is 46. The van der Waals surface area contributed by atoms with E-state index in [2.05, 4.69) is 69.4 Å². The Labute approximate surface area is 371 Å². The summed E-state index contributed by atoms with van der Waals surface area (Å²) in [6.45, 7) is 6.56. The molecule has 0 amide bonds. The van der Waals surface area contributed by atoms with Gasteiger partial charge < -0.3 is 14.2 Å². The van der Waals surface area contributed by atoms with E-state index in [-0.39, 0.29) is 31.1 Å². The van der Waals surface area contributed by atoms with E-state index in [1.54, 1.807) is 0 Å². The van der Waals surface area contributed by atoms with Gasteiger partial charge in [0.1, 0.15) is 13.2 Å². The van der Waals surface area contributed by atoms with E-state index in [9.17, 15) is 14.4 Å². The van der Waals surface area contributed by atoms with Crippen LogP contribution in [-0.4, -0.2) is 37.2 Å². The number of hydrogen-bond acceptors (Lipinski definition) is 6. The van der Waals surface area contributed by atoms with Crippen LogP contribution in [0.2, 0.25) is 0 Å². The molecular formula is C54H96O6. The lowest BCUT2D eigenvalue weighted by molar-refractivity contribution is -0.167. The first-order chi connectivity index (χ1) is 29.5. The van der Waals surface area contributed by atoms with E-state index in [1.165, 1.54) is 116 Å². The van der Waals surface area contributed by atoms with Gasteiger partial charge in [-0.15, -0.1) is 0 Å². The highest BCUT2D eigenvalue weighted by molar-refractivity contribution is 5.71. The molecule has 1 unspecified atom stereocenters. The van der Waals surface area contributed by atoms with Gasteiger partial charge in [-0.3, -0.25) is 14.4 Å². The average Bonchev–Trinajstić information content (AvgIpc) is 3.24. The van der Waals surface area contributed by atoms with Crippen molar-refractivity contribution in [1.29, 1.82) is 0 Å². The molecule has 6 heteroatoms. The SMILES string of the molecule is CCCC/C=C\C/C=C\CCCCCCCC(=O)OC(COC(=O)CCCCCCC/C=C\C/C=C\CCCCCC)COC(=O)CCCCCCCCCCCCCC. The van der Waals surface area contributed by atoms with Crippen LogP contribution >= 0.6 is 0 Å². The zero-order valence-electron chi connectivity index (χ0n) is 39.7. The van der Waals surface area contributed by atoms with Crippen molar-refractivity contribution in [1.82, 2.24) is 0 Å². The van der Waals surface area contributed by atoms with E-state index < -0.39 is 6.10 Å². The number of ether oxygens (including phenoxy) is 3. The van der Waals surface area contributed by atoms with Crippen molar-refractivity contribution in [3.63, 3.8) is 0 Å². The normalized spacial score (nSPS) is 12.4. The topological polar surface area (TPSA) is 78.9 Å². The lowest BCUT2D eigenvalue weighted by atomic mass is 10.0. The highest BCUT2D eigenvalue weighted by Gasteiger charge is 2.19. The maximum Gasteiger partial charge on any atom is 0.306 e. The Bertz CT molecular complexity index is 1060.